The van der Waals surface area contributed by atoms with Crippen molar-refractivity contribution in [1.29, 1.82) is 0 Å². The van der Waals surface area contributed by atoms with Crippen LogP contribution in [-0.2, 0) is 16.8 Å². The Bertz CT molecular complexity index is 535. The lowest BCUT2D eigenvalue weighted by Crippen LogP contribution is -2.53. The van der Waals surface area contributed by atoms with E-state index in [1.807, 2.05) is 31.6 Å². The summed E-state index contributed by atoms with van der Waals surface area (Å²) in [5, 5.41) is 14.7. The Morgan fingerprint density at radius 3 is 2.43 bits per heavy atom. The Balaban J connectivity index is 1.67. The summed E-state index contributed by atoms with van der Waals surface area (Å²) in [4.78, 5) is 11.7. The monoisotopic (exact) mass is 323 g/mol. The van der Waals surface area contributed by atoms with Gasteiger partial charge < -0.3 is 15.4 Å². The smallest absolute Gasteiger partial charge is 0.407 e. The molecule has 130 valence electrons. The van der Waals surface area contributed by atoms with E-state index in [1.54, 1.807) is 0 Å². The third-order valence-corrected chi connectivity index (χ3v) is 3.66. The average Bonchev–Trinajstić information content (AvgIpc) is 2.77. The van der Waals surface area contributed by atoms with Gasteiger partial charge in [0.25, 0.3) is 0 Å². The topological polar surface area (TPSA) is 81.1 Å². The fourth-order valence-corrected chi connectivity index (χ4v) is 2.33. The van der Waals surface area contributed by atoms with Crippen LogP contribution in [0.2, 0.25) is 0 Å². The molecule has 1 saturated carbocycles. The molecule has 1 heterocycles. The van der Waals surface area contributed by atoms with Gasteiger partial charge >= 0.3 is 6.09 Å². The zero-order chi connectivity index (χ0) is 17.3. The van der Waals surface area contributed by atoms with Crippen LogP contribution in [0, 0.1) is 0 Å². The predicted molar refractivity (Wildman–Crippen MR) is 88.0 cm³/mol. The summed E-state index contributed by atoms with van der Waals surface area (Å²) in [5.41, 5.74) is 0.428. The molecule has 7 heteroatoms. The highest BCUT2D eigenvalue weighted by Crippen LogP contribution is 2.21. The molecular formula is C16H29N5O2. The molecular weight excluding hydrogens is 294 g/mol. The standard InChI is InChI=1S/C16H29N5O2/c1-15(2,3)21-10-13(19-20-21)9-17-11-7-12(8-11)18-14(22)23-16(4,5)6/h10-12,17H,7-9H2,1-6H3,(H,18,22). The summed E-state index contributed by atoms with van der Waals surface area (Å²) in [7, 11) is 0. The largest absolute Gasteiger partial charge is 0.444 e. The van der Waals surface area contributed by atoms with E-state index < -0.39 is 5.60 Å². The van der Waals surface area contributed by atoms with Crippen LogP contribution in [0.5, 0.6) is 0 Å². The molecule has 23 heavy (non-hydrogen) atoms. The summed E-state index contributed by atoms with van der Waals surface area (Å²) < 4.78 is 7.12. The third-order valence-electron chi connectivity index (χ3n) is 3.66. The van der Waals surface area contributed by atoms with Gasteiger partial charge in [-0.05, 0) is 54.4 Å². The number of nitrogens with zero attached hydrogens (tertiary/aromatic N) is 3. The Labute approximate surface area is 138 Å². The van der Waals surface area contributed by atoms with Gasteiger partial charge in [0.05, 0.1) is 17.4 Å². The minimum atomic E-state index is -0.454. The number of amides is 1. The molecule has 1 aliphatic carbocycles. The van der Waals surface area contributed by atoms with E-state index in [1.165, 1.54) is 0 Å². The number of carbonyl (C=O) groups excluding carboxylic acids is 1. The van der Waals surface area contributed by atoms with Crippen molar-refractivity contribution in [3.63, 3.8) is 0 Å². The highest BCUT2D eigenvalue weighted by atomic mass is 16.6. The van der Waals surface area contributed by atoms with Gasteiger partial charge in [-0.2, -0.15) is 0 Å². The van der Waals surface area contributed by atoms with Gasteiger partial charge in [0, 0.05) is 18.6 Å². The molecule has 0 aromatic carbocycles. The van der Waals surface area contributed by atoms with Crippen LogP contribution >= 0.6 is 0 Å². The zero-order valence-electron chi connectivity index (χ0n) is 15.0. The number of alkyl carbamates (subject to hydrolysis) is 1. The van der Waals surface area contributed by atoms with E-state index in [0.717, 1.165) is 18.5 Å². The normalized spacial score (nSPS) is 21.7. The molecule has 1 fully saturated rings. The van der Waals surface area contributed by atoms with Crippen molar-refractivity contribution in [3.05, 3.63) is 11.9 Å². The lowest BCUT2D eigenvalue weighted by atomic mass is 9.87. The molecule has 2 rings (SSSR count). The van der Waals surface area contributed by atoms with E-state index in [0.29, 0.717) is 12.6 Å². The summed E-state index contributed by atoms with van der Waals surface area (Å²) >= 11 is 0. The maximum atomic E-state index is 11.7. The Kier molecular flexibility index (Phi) is 4.98. The zero-order valence-corrected chi connectivity index (χ0v) is 15.0. The Morgan fingerprint density at radius 2 is 1.91 bits per heavy atom. The molecule has 0 aliphatic heterocycles. The van der Waals surface area contributed by atoms with Crippen LogP contribution in [0.25, 0.3) is 0 Å². The maximum Gasteiger partial charge on any atom is 0.407 e. The highest BCUT2D eigenvalue weighted by Gasteiger charge is 2.31. The second-order valence-corrected chi connectivity index (χ2v) is 8.22. The molecule has 0 radical (unpaired) electrons. The number of nitrogens with one attached hydrogen (secondary N) is 2. The second kappa shape index (κ2) is 6.47. The van der Waals surface area contributed by atoms with Gasteiger partial charge in [0.15, 0.2) is 0 Å². The van der Waals surface area contributed by atoms with Gasteiger partial charge in [-0.3, -0.25) is 0 Å². The van der Waals surface area contributed by atoms with Gasteiger partial charge in [-0.1, -0.05) is 5.21 Å². The minimum Gasteiger partial charge on any atom is -0.444 e. The van der Waals surface area contributed by atoms with Crippen LogP contribution in [0.15, 0.2) is 6.20 Å². The van der Waals surface area contributed by atoms with E-state index in [4.69, 9.17) is 4.74 Å². The molecule has 1 amide bonds. The molecule has 0 bridgehead atoms. The quantitative estimate of drug-likeness (QED) is 0.887. The van der Waals surface area contributed by atoms with E-state index in [-0.39, 0.29) is 17.7 Å². The van der Waals surface area contributed by atoms with Gasteiger partial charge in [-0.25, -0.2) is 9.48 Å². The first-order chi connectivity index (χ1) is 10.5. The summed E-state index contributed by atoms with van der Waals surface area (Å²) in [6.45, 7) is 12.6. The molecule has 7 nitrogen and oxygen atoms in total. The van der Waals surface area contributed by atoms with Crippen molar-refractivity contribution < 1.29 is 9.53 Å². The van der Waals surface area contributed by atoms with Crippen LogP contribution in [-0.4, -0.2) is 38.8 Å². The van der Waals surface area contributed by atoms with Crippen molar-refractivity contribution in [2.75, 3.05) is 0 Å². The molecule has 0 unspecified atom stereocenters. The molecule has 1 aliphatic rings. The molecule has 0 spiro atoms. The fraction of sp³-hybridized carbons (Fsp3) is 0.812. The Morgan fingerprint density at radius 1 is 1.26 bits per heavy atom. The summed E-state index contributed by atoms with van der Waals surface area (Å²) in [5.74, 6) is 0. The first-order valence-electron chi connectivity index (χ1n) is 8.17. The summed E-state index contributed by atoms with van der Waals surface area (Å²) in [6, 6.07) is 0.585. The molecule has 0 atom stereocenters. The summed E-state index contributed by atoms with van der Waals surface area (Å²) in [6.07, 6.45) is 3.45. The van der Waals surface area contributed by atoms with E-state index >= 15 is 0 Å². The SMILES string of the molecule is CC(C)(C)OC(=O)NC1CC(NCc2cn(C(C)(C)C)nn2)C1. The van der Waals surface area contributed by atoms with Crippen LogP contribution < -0.4 is 10.6 Å². The first kappa shape index (κ1) is 17.7. The van der Waals surface area contributed by atoms with Crippen molar-refractivity contribution in [3.8, 4) is 0 Å². The highest BCUT2D eigenvalue weighted by molar-refractivity contribution is 5.68. The van der Waals surface area contributed by atoms with Crippen molar-refractivity contribution >= 4 is 6.09 Å². The van der Waals surface area contributed by atoms with Crippen LogP contribution in [0.1, 0.15) is 60.1 Å². The first-order valence-corrected chi connectivity index (χ1v) is 8.17. The van der Waals surface area contributed by atoms with E-state index in [9.17, 15) is 4.79 Å². The maximum absolute atomic E-state index is 11.7. The van der Waals surface area contributed by atoms with Crippen molar-refractivity contribution in [2.24, 2.45) is 0 Å². The average molecular weight is 323 g/mol. The number of rotatable bonds is 4. The fourth-order valence-electron chi connectivity index (χ4n) is 2.33. The van der Waals surface area contributed by atoms with Crippen molar-refractivity contribution in [1.82, 2.24) is 25.6 Å². The third kappa shape index (κ3) is 5.49. The van der Waals surface area contributed by atoms with Gasteiger partial charge in [0.2, 0.25) is 0 Å². The predicted octanol–water partition coefficient (Wildman–Crippen LogP) is 2.18. The number of carbonyl (C=O) groups is 1. The molecule has 1 aromatic rings. The number of hydrogen-bond donors (Lipinski definition) is 2. The lowest BCUT2D eigenvalue weighted by molar-refractivity contribution is 0.0465. The van der Waals surface area contributed by atoms with Crippen LogP contribution in [0.3, 0.4) is 0 Å². The lowest BCUT2D eigenvalue weighted by Gasteiger charge is -2.36. The number of hydrogen-bond acceptors (Lipinski definition) is 5. The van der Waals surface area contributed by atoms with Crippen molar-refractivity contribution in [2.45, 2.75) is 84.2 Å². The van der Waals surface area contributed by atoms with Crippen LogP contribution in [0.4, 0.5) is 4.79 Å². The number of ether oxygens (including phenoxy) is 1. The minimum absolute atomic E-state index is 0.0514. The second-order valence-electron chi connectivity index (χ2n) is 8.22. The molecule has 1 aromatic heterocycles. The Hall–Kier alpha value is -1.63. The van der Waals surface area contributed by atoms with Gasteiger partial charge in [0.1, 0.15) is 5.60 Å². The molecule has 0 saturated heterocycles. The van der Waals surface area contributed by atoms with E-state index in [2.05, 4.69) is 41.7 Å². The number of aromatic nitrogens is 3. The molecule has 2 N–H and O–H groups in total. The van der Waals surface area contributed by atoms with Gasteiger partial charge in [-0.15, -0.1) is 5.10 Å².